The van der Waals surface area contributed by atoms with E-state index in [-0.39, 0.29) is 17.6 Å². The Morgan fingerprint density at radius 1 is 1.56 bits per heavy atom. The molecule has 1 aromatic heterocycles. The van der Waals surface area contributed by atoms with Gasteiger partial charge in [0.05, 0.1) is 12.5 Å². The summed E-state index contributed by atoms with van der Waals surface area (Å²) in [5, 5.41) is 6.99. The second-order valence-corrected chi connectivity index (χ2v) is 4.91. The first kappa shape index (κ1) is 14.8. The van der Waals surface area contributed by atoms with Gasteiger partial charge in [0, 0.05) is 12.3 Å². The van der Waals surface area contributed by atoms with Crippen LogP contribution in [0.25, 0.3) is 0 Å². The van der Waals surface area contributed by atoms with Crippen molar-refractivity contribution in [1.82, 2.24) is 14.8 Å². The molecule has 0 aliphatic carbocycles. The monoisotopic (exact) mass is 273 g/mol. The fourth-order valence-corrected chi connectivity index (χ4v) is 2.36. The smallest absolute Gasteiger partial charge is 0.343 e. The summed E-state index contributed by atoms with van der Waals surface area (Å²) < 4.78 is 6.51. The molecule has 0 saturated carbocycles. The standard InChI is InChI=1S/C11H19N3O3S/c1-4-6-14-10(16)12-13-11(14)18-7-8(3)9(15)17-5-2/h8H,4-7H2,1-3H3,(H,12,16). The van der Waals surface area contributed by atoms with Crippen LogP contribution in [0.3, 0.4) is 0 Å². The van der Waals surface area contributed by atoms with Crippen LogP contribution in [-0.4, -0.2) is 33.1 Å². The first-order valence-electron chi connectivity index (χ1n) is 6.04. The van der Waals surface area contributed by atoms with Crippen LogP contribution >= 0.6 is 11.8 Å². The molecule has 0 saturated heterocycles. The number of esters is 1. The first-order chi connectivity index (χ1) is 8.60. The number of hydrogen-bond donors (Lipinski definition) is 1. The van der Waals surface area contributed by atoms with Crippen molar-refractivity contribution in [2.75, 3.05) is 12.4 Å². The summed E-state index contributed by atoms with van der Waals surface area (Å²) in [5.74, 6) is 0.120. The van der Waals surface area contributed by atoms with E-state index in [2.05, 4.69) is 10.2 Å². The highest BCUT2D eigenvalue weighted by Gasteiger charge is 2.16. The van der Waals surface area contributed by atoms with Gasteiger partial charge in [0.15, 0.2) is 5.16 Å². The average molecular weight is 273 g/mol. The predicted octanol–water partition coefficient (Wildman–Crippen LogP) is 1.27. The molecule has 18 heavy (non-hydrogen) atoms. The van der Waals surface area contributed by atoms with Crippen molar-refractivity contribution in [3.05, 3.63) is 10.5 Å². The molecule has 1 aromatic rings. The molecule has 6 nitrogen and oxygen atoms in total. The quantitative estimate of drug-likeness (QED) is 0.598. The number of aromatic amines is 1. The number of carbonyl (C=O) groups is 1. The number of ether oxygens (including phenoxy) is 1. The Labute approximate surface area is 110 Å². The van der Waals surface area contributed by atoms with Crippen molar-refractivity contribution >= 4 is 17.7 Å². The van der Waals surface area contributed by atoms with Gasteiger partial charge in [-0.2, -0.15) is 0 Å². The van der Waals surface area contributed by atoms with Gasteiger partial charge in [-0.1, -0.05) is 25.6 Å². The van der Waals surface area contributed by atoms with Crippen LogP contribution in [-0.2, 0) is 16.1 Å². The van der Waals surface area contributed by atoms with Gasteiger partial charge in [0.25, 0.3) is 0 Å². The van der Waals surface area contributed by atoms with Gasteiger partial charge in [0.1, 0.15) is 0 Å². The van der Waals surface area contributed by atoms with Crippen LogP contribution < -0.4 is 5.69 Å². The molecule has 1 heterocycles. The van der Waals surface area contributed by atoms with Crippen LogP contribution in [0.5, 0.6) is 0 Å². The molecule has 0 spiro atoms. The van der Waals surface area contributed by atoms with Gasteiger partial charge < -0.3 is 4.74 Å². The van der Waals surface area contributed by atoms with Crippen molar-refractivity contribution in [3.63, 3.8) is 0 Å². The Bertz CT molecular complexity index is 441. The molecule has 0 aliphatic rings. The third kappa shape index (κ3) is 3.90. The Balaban J connectivity index is 2.58. The second kappa shape index (κ2) is 7.25. The minimum atomic E-state index is -0.218. The normalized spacial score (nSPS) is 12.4. The highest BCUT2D eigenvalue weighted by Crippen LogP contribution is 2.18. The van der Waals surface area contributed by atoms with E-state index in [9.17, 15) is 9.59 Å². The fourth-order valence-electron chi connectivity index (χ4n) is 1.39. The molecule has 1 atom stereocenters. The number of H-pyrrole nitrogens is 1. The Morgan fingerprint density at radius 2 is 2.28 bits per heavy atom. The zero-order chi connectivity index (χ0) is 13.5. The van der Waals surface area contributed by atoms with E-state index >= 15 is 0 Å². The molecule has 102 valence electrons. The van der Waals surface area contributed by atoms with Crippen LogP contribution in [0.2, 0.25) is 0 Å². The SMILES string of the molecule is CCCn1c(SCC(C)C(=O)OCC)n[nH]c1=O. The van der Waals surface area contributed by atoms with Crippen LogP contribution in [0.4, 0.5) is 0 Å². The second-order valence-electron chi connectivity index (χ2n) is 3.93. The van der Waals surface area contributed by atoms with Gasteiger partial charge in [0.2, 0.25) is 0 Å². The Hall–Kier alpha value is -1.24. The molecule has 0 aromatic carbocycles. The molecule has 1 N–H and O–H groups in total. The maximum absolute atomic E-state index is 11.5. The first-order valence-corrected chi connectivity index (χ1v) is 7.03. The Kier molecular flexibility index (Phi) is 5.97. The lowest BCUT2D eigenvalue weighted by atomic mass is 10.2. The topological polar surface area (TPSA) is 77.0 Å². The lowest BCUT2D eigenvalue weighted by Gasteiger charge is -2.09. The summed E-state index contributed by atoms with van der Waals surface area (Å²) in [7, 11) is 0. The van der Waals surface area contributed by atoms with Gasteiger partial charge in [-0.3, -0.25) is 9.36 Å². The number of carbonyl (C=O) groups excluding carboxylic acids is 1. The maximum Gasteiger partial charge on any atom is 0.343 e. The van der Waals surface area contributed by atoms with Crippen molar-refractivity contribution in [1.29, 1.82) is 0 Å². The zero-order valence-corrected chi connectivity index (χ0v) is 11.7. The molecule has 0 radical (unpaired) electrons. The number of nitrogens with one attached hydrogen (secondary N) is 1. The van der Waals surface area contributed by atoms with Gasteiger partial charge in [-0.05, 0) is 13.3 Å². The lowest BCUT2D eigenvalue weighted by Crippen LogP contribution is -2.19. The molecular formula is C11H19N3O3S. The number of nitrogens with zero attached hydrogens (tertiary/aromatic N) is 2. The van der Waals surface area contributed by atoms with Crippen molar-refractivity contribution in [2.24, 2.45) is 5.92 Å². The third-order valence-corrected chi connectivity index (χ3v) is 3.56. The molecule has 1 unspecified atom stereocenters. The summed E-state index contributed by atoms with van der Waals surface area (Å²) in [6.45, 7) is 6.60. The number of hydrogen-bond acceptors (Lipinski definition) is 5. The molecule has 0 fully saturated rings. The number of rotatable bonds is 7. The summed E-state index contributed by atoms with van der Waals surface area (Å²) in [6, 6.07) is 0. The maximum atomic E-state index is 11.5. The van der Waals surface area contributed by atoms with Crippen LogP contribution in [0, 0.1) is 5.92 Å². The lowest BCUT2D eigenvalue weighted by molar-refractivity contribution is -0.146. The summed E-state index contributed by atoms with van der Waals surface area (Å²) >= 11 is 1.39. The summed E-state index contributed by atoms with van der Waals surface area (Å²) in [6.07, 6.45) is 0.862. The highest BCUT2D eigenvalue weighted by atomic mass is 32.2. The zero-order valence-electron chi connectivity index (χ0n) is 10.9. The number of thioether (sulfide) groups is 1. The molecule has 0 amide bonds. The summed E-state index contributed by atoms with van der Waals surface area (Å²) in [5.41, 5.74) is -0.205. The Morgan fingerprint density at radius 3 is 2.89 bits per heavy atom. The van der Waals surface area contributed by atoms with Gasteiger partial charge >= 0.3 is 11.7 Å². The van der Waals surface area contributed by atoms with Crippen molar-refractivity contribution in [2.45, 2.75) is 38.9 Å². The van der Waals surface area contributed by atoms with Crippen molar-refractivity contribution in [3.8, 4) is 0 Å². The fraction of sp³-hybridized carbons (Fsp3) is 0.727. The molecule has 0 aliphatic heterocycles. The van der Waals surface area contributed by atoms with E-state index in [0.717, 1.165) is 6.42 Å². The van der Waals surface area contributed by atoms with Crippen LogP contribution in [0.1, 0.15) is 27.2 Å². The molecular weight excluding hydrogens is 254 g/mol. The van der Waals surface area contributed by atoms with E-state index in [4.69, 9.17) is 4.74 Å². The number of aromatic nitrogens is 3. The third-order valence-electron chi connectivity index (χ3n) is 2.32. The van der Waals surface area contributed by atoms with Gasteiger partial charge in [-0.15, -0.1) is 5.10 Å². The summed E-state index contributed by atoms with van der Waals surface area (Å²) in [4.78, 5) is 22.9. The molecule has 1 rings (SSSR count). The van der Waals surface area contributed by atoms with E-state index < -0.39 is 0 Å². The van der Waals surface area contributed by atoms with E-state index in [1.54, 1.807) is 18.4 Å². The van der Waals surface area contributed by atoms with E-state index in [0.29, 0.717) is 24.1 Å². The minimum absolute atomic E-state index is 0.205. The average Bonchev–Trinajstić information content (AvgIpc) is 2.69. The largest absolute Gasteiger partial charge is 0.466 e. The molecule has 0 bridgehead atoms. The minimum Gasteiger partial charge on any atom is -0.466 e. The van der Waals surface area contributed by atoms with E-state index in [1.165, 1.54) is 11.8 Å². The predicted molar refractivity (Wildman–Crippen MR) is 69.7 cm³/mol. The van der Waals surface area contributed by atoms with Gasteiger partial charge in [-0.25, -0.2) is 9.89 Å². The molecule has 7 heteroatoms. The van der Waals surface area contributed by atoms with Crippen molar-refractivity contribution < 1.29 is 9.53 Å². The van der Waals surface area contributed by atoms with E-state index in [1.807, 2.05) is 6.92 Å². The van der Waals surface area contributed by atoms with Crippen LogP contribution in [0.15, 0.2) is 9.95 Å². The highest BCUT2D eigenvalue weighted by molar-refractivity contribution is 7.99.